The molecule has 2 fully saturated rings. The Morgan fingerprint density at radius 1 is 1.35 bits per heavy atom. The average molecular weight is 358 g/mol. The number of fused-ring (bicyclic) bond motifs is 1. The molecule has 3 rings (SSSR count). The summed E-state index contributed by atoms with van der Waals surface area (Å²) in [6.07, 6.45) is 4.66. The Morgan fingerprint density at radius 2 is 2.20 bits per heavy atom. The van der Waals surface area contributed by atoms with Crippen molar-refractivity contribution in [2.45, 2.75) is 37.8 Å². The van der Waals surface area contributed by atoms with Crippen molar-refractivity contribution in [1.82, 2.24) is 10.2 Å². The van der Waals surface area contributed by atoms with Gasteiger partial charge < -0.3 is 10.2 Å². The van der Waals surface area contributed by atoms with Crippen LogP contribution in [0.5, 0.6) is 0 Å². The first kappa shape index (κ1) is 14.4. The molecule has 0 saturated carbocycles. The van der Waals surface area contributed by atoms with E-state index in [0.717, 1.165) is 23.9 Å². The summed E-state index contributed by atoms with van der Waals surface area (Å²) in [5.41, 5.74) is 0.551. The number of hydrogen-bond donors (Lipinski definition) is 1. The van der Waals surface area contributed by atoms with Crippen LogP contribution in [0.2, 0.25) is 5.02 Å². The highest BCUT2D eigenvalue weighted by Gasteiger charge is 2.32. The van der Waals surface area contributed by atoms with Crippen molar-refractivity contribution < 1.29 is 4.79 Å². The van der Waals surface area contributed by atoms with Gasteiger partial charge in [0.2, 0.25) is 0 Å². The lowest BCUT2D eigenvalue weighted by atomic mass is 9.97. The Labute approximate surface area is 132 Å². The molecule has 1 amide bonds. The minimum absolute atomic E-state index is 0.0623. The topological polar surface area (TPSA) is 32.3 Å². The summed E-state index contributed by atoms with van der Waals surface area (Å²) in [7, 11) is 0. The van der Waals surface area contributed by atoms with Crippen molar-refractivity contribution in [3.8, 4) is 0 Å². The third-order valence-corrected chi connectivity index (χ3v) is 5.15. The Balaban J connectivity index is 1.65. The van der Waals surface area contributed by atoms with Crippen LogP contribution in [0.25, 0.3) is 0 Å². The number of halogens is 2. The van der Waals surface area contributed by atoms with E-state index in [0.29, 0.717) is 16.6 Å². The third kappa shape index (κ3) is 3.02. The van der Waals surface area contributed by atoms with Gasteiger partial charge in [-0.2, -0.15) is 0 Å². The molecule has 1 aromatic carbocycles. The Kier molecular flexibility index (Phi) is 4.34. The van der Waals surface area contributed by atoms with Gasteiger partial charge in [-0.3, -0.25) is 4.79 Å². The molecule has 2 saturated heterocycles. The first-order valence-electron chi connectivity index (χ1n) is 7.13. The van der Waals surface area contributed by atoms with Gasteiger partial charge in [-0.15, -0.1) is 0 Å². The lowest BCUT2D eigenvalue weighted by Gasteiger charge is -2.35. The zero-order valence-corrected chi connectivity index (χ0v) is 13.6. The number of benzene rings is 1. The molecule has 0 aliphatic carbocycles. The zero-order valence-electron chi connectivity index (χ0n) is 11.2. The fraction of sp³-hybridized carbons (Fsp3) is 0.533. The van der Waals surface area contributed by atoms with Crippen LogP contribution in [-0.4, -0.2) is 36.0 Å². The van der Waals surface area contributed by atoms with E-state index in [-0.39, 0.29) is 11.9 Å². The predicted molar refractivity (Wildman–Crippen MR) is 84.2 cm³/mol. The maximum Gasteiger partial charge on any atom is 0.253 e. The van der Waals surface area contributed by atoms with Crippen LogP contribution in [0.4, 0.5) is 0 Å². The number of carbonyl (C=O) groups excluding carboxylic acids is 1. The van der Waals surface area contributed by atoms with Crippen molar-refractivity contribution >= 4 is 33.4 Å². The van der Waals surface area contributed by atoms with Gasteiger partial charge in [0, 0.05) is 23.1 Å². The quantitative estimate of drug-likeness (QED) is 0.879. The highest BCUT2D eigenvalue weighted by atomic mass is 79.9. The number of hydrogen-bond acceptors (Lipinski definition) is 2. The van der Waals surface area contributed by atoms with Crippen LogP contribution in [0.3, 0.4) is 0 Å². The molecule has 20 heavy (non-hydrogen) atoms. The maximum absolute atomic E-state index is 12.3. The summed E-state index contributed by atoms with van der Waals surface area (Å²) < 4.78 is 0.873. The van der Waals surface area contributed by atoms with Crippen molar-refractivity contribution in [3.05, 3.63) is 33.3 Å². The monoisotopic (exact) mass is 356 g/mol. The van der Waals surface area contributed by atoms with E-state index in [1.54, 1.807) is 12.1 Å². The normalized spacial score (nSPS) is 26.3. The minimum Gasteiger partial charge on any atom is -0.349 e. The second kappa shape index (κ2) is 6.04. The molecule has 5 heteroatoms. The Bertz CT molecular complexity index is 523. The van der Waals surface area contributed by atoms with Gasteiger partial charge in [0.05, 0.1) is 10.6 Å². The molecule has 0 radical (unpaired) electrons. The maximum atomic E-state index is 12.3. The number of carbonyl (C=O) groups is 1. The van der Waals surface area contributed by atoms with Crippen LogP contribution in [0.15, 0.2) is 22.7 Å². The van der Waals surface area contributed by atoms with Crippen LogP contribution >= 0.6 is 27.5 Å². The highest BCUT2D eigenvalue weighted by Crippen LogP contribution is 2.27. The van der Waals surface area contributed by atoms with Gasteiger partial charge >= 0.3 is 0 Å². The summed E-state index contributed by atoms with van der Waals surface area (Å²) in [5.74, 6) is -0.0623. The SMILES string of the molecule is O=C(NC1CCN2CCCC2C1)c1cc(Br)ccc1Cl. The molecule has 3 nitrogen and oxygen atoms in total. The molecule has 0 bridgehead atoms. The van der Waals surface area contributed by atoms with E-state index in [9.17, 15) is 4.79 Å². The summed E-state index contributed by atoms with van der Waals surface area (Å²) in [5, 5.41) is 3.65. The van der Waals surface area contributed by atoms with Gasteiger partial charge in [-0.1, -0.05) is 27.5 Å². The fourth-order valence-corrected chi connectivity index (χ4v) is 3.85. The zero-order chi connectivity index (χ0) is 14.1. The lowest BCUT2D eigenvalue weighted by Crippen LogP contribution is -2.47. The summed E-state index contributed by atoms with van der Waals surface area (Å²) in [4.78, 5) is 14.9. The van der Waals surface area contributed by atoms with Crippen molar-refractivity contribution in [2.75, 3.05) is 13.1 Å². The van der Waals surface area contributed by atoms with Crippen LogP contribution < -0.4 is 5.32 Å². The molecule has 2 heterocycles. The van der Waals surface area contributed by atoms with E-state index in [1.165, 1.54) is 19.4 Å². The number of piperidine rings is 1. The molecular formula is C15H18BrClN2O. The van der Waals surface area contributed by atoms with E-state index >= 15 is 0 Å². The smallest absolute Gasteiger partial charge is 0.253 e. The first-order valence-corrected chi connectivity index (χ1v) is 8.30. The first-order chi connectivity index (χ1) is 9.63. The fourth-order valence-electron chi connectivity index (χ4n) is 3.29. The molecule has 2 aliphatic heterocycles. The molecule has 1 N–H and O–H groups in total. The molecule has 2 atom stereocenters. The average Bonchev–Trinajstić information content (AvgIpc) is 2.89. The molecule has 0 aromatic heterocycles. The van der Waals surface area contributed by atoms with Gasteiger partial charge in [0.1, 0.15) is 0 Å². The Hall–Kier alpha value is -0.580. The van der Waals surface area contributed by atoms with E-state index in [2.05, 4.69) is 26.1 Å². The second-order valence-corrected chi connectivity index (χ2v) is 6.97. The molecule has 0 spiro atoms. The number of rotatable bonds is 2. The number of amides is 1. The molecule has 108 valence electrons. The summed E-state index contributed by atoms with van der Waals surface area (Å²) in [6, 6.07) is 6.31. The second-order valence-electron chi connectivity index (χ2n) is 5.65. The van der Waals surface area contributed by atoms with E-state index < -0.39 is 0 Å². The van der Waals surface area contributed by atoms with Crippen LogP contribution in [-0.2, 0) is 0 Å². The van der Waals surface area contributed by atoms with Gasteiger partial charge in [-0.05, 0) is 50.4 Å². The van der Waals surface area contributed by atoms with Crippen molar-refractivity contribution in [3.63, 3.8) is 0 Å². The van der Waals surface area contributed by atoms with E-state index in [4.69, 9.17) is 11.6 Å². The van der Waals surface area contributed by atoms with Crippen molar-refractivity contribution in [2.24, 2.45) is 0 Å². The van der Waals surface area contributed by atoms with Gasteiger partial charge in [0.15, 0.2) is 0 Å². The molecule has 2 unspecified atom stereocenters. The predicted octanol–water partition coefficient (Wildman–Crippen LogP) is 3.46. The molecular weight excluding hydrogens is 340 g/mol. The summed E-state index contributed by atoms with van der Waals surface area (Å²) >= 11 is 9.49. The third-order valence-electron chi connectivity index (χ3n) is 4.33. The largest absolute Gasteiger partial charge is 0.349 e. The highest BCUT2D eigenvalue weighted by molar-refractivity contribution is 9.10. The Morgan fingerprint density at radius 3 is 3.05 bits per heavy atom. The summed E-state index contributed by atoms with van der Waals surface area (Å²) in [6.45, 7) is 2.32. The number of nitrogens with one attached hydrogen (secondary N) is 1. The minimum atomic E-state index is -0.0623. The van der Waals surface area contributed by atoms with Gasteiger partial charge in [-0.25, -0.2) is 0 Å². The standard InChI is InChI=1S/C15H18BrClN2O/c16-10-3-4-14(17)13(8-10)15(20)18-11-5-7-19-6-1-2-12(19)9-11/h3-4,8,11-12H,1-2,5-7,9H2,(H,18,20). The lowest BCUT2D eigenvalue weighted by molar-refractivity contribution is 0.0896. The van der Waals surface area contributed by atoms with Crippen LogP contribution in [0, 0.1) is 0 Å². The van der Waals surface area contributed by atoms with Gasteiger partial charge in [0.25, 0.3) is 5.91 Å². The number of nitrogens with zero attached hydrogens (tertiary/aromatic N) is 1. The van der Waals surface area contributed by atoms with Crippen LogP contribution in [0.1, 0.15) is 36.0 Å². The van der Waals surface area contributed by atoms with E-state index in [1.807, 2.05) is 6.07 Å². The molecule has 2 aliphatic rings. The van der Waals surface area contributed by atoms with Crippen molar-refractivity contribution in [1.29, 1.82) is 0 Å². The molecule has 1 aromatic rings.